The summed E-state index contributed by atoms with van der Waals surface area (Å²) in [6, 6.07) is 7.59. The van der Waals surface area contributed by atoms with Gasteiger partial charge >= 0.3 is 12.2 Å². The van der Waals surface area contributed by atoms with Crippen molar-refractivity contribution in [2.75, 3.05) is 6.61 Å². The van der Waals surface area contributed by atoms with Crippen LogP contribution in [0.25, 0.3) is 11.6 Å². The zero-order valence-corrected chi connectivity index (χ0v) is 11.9. The second-order valence-electron chi connectivity index (χ2n) is 5.06. The summed E-state index contributed by atoms with van der Waals surface area (Å²) >= 11 is 0. The topological polar surface area (TPSA) is 71.9 Å². The number of benzene rings is 1. The summed E-state index contributed by atoms with van der Waals surface area (Å²) in [5, 5.41) is 0. The van der Waals surface area contributed by atoms with E-state index in [0.717, 1.165) is 11.3 Å². The lowest BCUT2D eigenvalue weighted by atomic mass is 10.1. The summed E-state index contributed by atoms with van der Waals surface area (Å²) in [6.45, 7) is 6.09. The molecule has 0 radical (unpaired) electrons. The molecule has 0 spiro atoms. The van der Waals surface area contributed by atoms with Crippen LogP contribution in [0.3, 0.4) is 0 Å². The van der Waals surface area contributed by atoms with E-state index in [9.17, 15) is 4.79 Å². The standard InChI is InChI=1S/C15H18N2O3/c1-15(2,3)20-13-8-6-12(7-9-13)5-4-10-19-14(18)11-17-16/h4-9,11H,10H2,1-3H3/b5-4-. The monoisotopic (exact) mass is 274 g/mol. The number of esters is 1. The average molecular weight is 274 g/mol. The van der Waals surface area contributed by atoms with Gasteiger partial charge in [-0.05, 0) is 44.5 Å². The van der Waals surface area contributed by atoms with E-state index in [1.54, 1.807) is 6.08 Å². The van der Waals surface area contributed by atoms with Crippen molar-refractivity contribution in [1.82, 2.24) is 0 Å². The van der Waals surface area contributed by atoms with Gasteiger partial charge in [0.05, 0.1) is 0 Å². The third-order valence-corrected chi connectivity index (χ3v) is 2.10. The van der Waals surface area contributed by atoms with Gasteiger partial charge in [-0.2, -0.15) is 4.79 Å². The quantitative estimate of drug-likeness (QED) is 0.358. The van der Waals surface area contributed by atoms with Crippen LogP contribution in [0.15, 0.2) is 30.3 Å². The molecule has 0 atom stereocenters. The lowest BCUT2D eigenvalue weighted by Gasteiger charge is -2.21. The van der Waals surface area contributed by atoms with Crippen LogP contribution in [0.2, 0.25) is 0 Å². The molecule has 0 unspecified atom stereocenters. The summed E-state index contributed by atoms with van der Waals surface area (Å²) in [7, 11) is 0. The Hall–Kier alpha value is -2.39. The highest BCUT2D eigenvalue weighted by Crippen LogP contribution is 2.18. The van der Waals surface area contributed by atoms with Gasteiger partial charge in [0.25, 0.3) is 0 Å². The van der Waals surface area contributed by atoms with Crippen LogP contribution in [-0.4, -0.2) is 29.2 Å². The number of carbonyl (C=O) groups excluding carboxylic acids is 1. The van der Waals surface area contributed by atoms with Crippen LogP contribution in [0.5, 0.6) is 5.75 Å². The van der Waals surface area contributed by atoms with Crippen LogP contribution >= 0.6 is 0 Å². The molecule has 0 bridgehead atoms. The average Bonchev–Trinajstić information content (AvgIpc) is 2.35. The zero-order chi connectivity index (χ0) is 15.0. The lowest BCUT2D eigenvalue weighted by Crippen LogP contribution is -2.22. The van der Waals surface area contributed by atoms with Gasteiger partial charge in [-0.25, -0.2) is 4.79 Å². The van der Waals surface area contributed by atoms with E-state index in [-0.39, 0.29) is 12.2 Å². The number of hydrogen-bond acceptors (Lipinski definition) is 3. The summed E-state index contributed by atoms with van der Waals surface area (Å²) < 4.78 is 10.4. The Morgan fingerprint density at radius 3 is 2.50 bits per heavy atom. The van der Waals surface area contributed by atoms with Crippen molar-refractivity contribution < 1.29 is 19.1 Å². The smallest absolute Gasteiger partial charge is 0.413 e. The molecule has 0 aromatic heterocycles. The van der Waals surface area contributed by atoms with E-state index in [2.05, 4.69) is 4.79 Å². The molecule has 20 heavy (non-hydrogen) atoms. The van der Waals surface area contributed by atoms with Crippen molar-refractivity contribution in [3.05, 3.63) is 41.4 Å². The molecule has 0 aliphatic heterocycles. The predicted octanol–water partition coefficient (Wildman–Crippen LogP) is 2.72. The molecular formula is C15H18N2O3. The van der Waals surface area contributed by atoms with Crippen molar-refractivity contribution in [2.45, 2.75) is 26.4 Å². The van der Waals surface area contributed by atoms with Gasteiger partial charge in [0.1, 0.15) is 18.0 Å². The summed E-state index contributed by atoms with van der Waals surface area (Å²) in [6.07, 6.45) is 4.22. The third-order valence-electron chi connectivity index (χ3n) is 2.10. The molecule has 0 aliphatic carbocycles. The summed E-state index contributed by atoms with van der Waals surface area (Å²) in [4.78, 5) is 13.4. The molecule has 5 heteroatoms. The van der Waals surface area contributed by atoms with Crippen molar-refractivity contribution in [2.24, 2.45) is 0 Å². The first-order valence-electron chi connectivity index (χ1n) is 6.20. The minimum Gasteiger partial charge on any atom is -0.488 e. The van der Waals surface area contributed by atoms with Gasteiger partial charge in [-0.3, -0.25) is 0 Å². The Balaban J connectivity index is 2.49. The normalized spacial score (nSPS) is 10.9. The second-order valence-corrected chi connectivity index (χ2v) is 5.06. The molecule has 0 saturated carbocycles. The summed E-state index contributed by atoms with van der Waals surface area (Å²) in [5.41, 5.74) is 8.86. The van der Waals surface area contributed by atoms with E-state index in [1.165, 1.54) is 0 Å². The summed E-state index contributed by atoms with van der Waals surface area (Å²) in [5.74, 6) is 0.117. The molecule has 0 aliphatic rings. The fourth-order valence-electron chi connectivity index (χ4n) is 1.40. The van der Waals surface area contributed by atoms with Crippen LogP contribution < -0.4 is 4.74 Å². The first-order valence-corrected chi connectivity index (χ1v) is 6.20. The maximum Gasteiger partial charge on any atom is 0.413 e. The molecule has 0 fully saturated rings. The molecule has 0 saturated heterocycles. The maximum absolute atomic E-state index is 10.8. The fourth-order valence-corrected chi connectivity index (χ4v) is 1.40. The Labute approximate surface area is 118 Å². The molecule has 0 N–H and O–H groups in total. The van der Waals surface area contributed by atoms with Gasteiger partial charge in [0.2, 0.25) is 0 Å². The molecule has 5 nitrogen and oxygen atoms in total. The Morgan fingerprint density at radius 1 is 1.30 bits per heavy atom. The minimum absolute atomic E-state index is 0.116. The van der Waals surface area contributed by atoms with Gasteiger partial charge in [0.15, 0.2) is 0 Å². The minimum atomic E-state index is -0.689. The fraction of sp³-hybridized carbons (Fsp3) is 0.333. The molecule has 1 rings (SSSR count). The molecule has 0 amide bonds. The highest BCUT2D eigenvalue weighted by atomic mass is 16.5. The predicted molar refractivity (Wildman–Crippen MR) is 76.5 cm³/mol. The zero-order valence-electron chi connectivity index (χ0n) is 11.9. The first-order chi connectivity index (χ1) is 9.40. The van der Waals surface area contributed by atoms with Gasteiger partial charge < -0.3 is 15.0 Å². The number of rotatable bonds is 5. The van der Waals surface area contributed by atoms with E-state index in [4.69, 9.17) is 15.0 Å². The number of hydrogen-bond donors (Lipinski definition) is 0. The van der Waals surface area contributed by atoms with Crippen LogP contribution in [0.1, 0.15) is 26.3 Å². The largest absolute Gasteiger partial charge is 0.488 e. The Bertz CT molecular complexity index is 521. The lowest BCUT2D eigenvalue weighted by molar-refractivity contribution is -0.137. The van der Waals surface area contributed by atoms with Gasteiger partial charge in [-0.1, -0.05) is 18.2 Å². The molecule has 1 aromatic rings. The van der Waals surface area contributed by atoms with E-state index in [1.807, 2.05) is 51.1 Å². The first kappa shape index (κ1) is 15.7. The highest BCUT2D eigenvalue weighted by Gasteiger charge is 2.10. The molecule has 1 aromatic carbocycles. The Kier molecular flexibility index (Phi) is 5.69. The number of nitrogens with zero attached hydrogens (tertiary/aromatic N) is 2. The van der Waals surface area contributed by atoms with E-state index >= 15 is 0 Å². The molecule has 0 heterocycles. The number of ether oxygens (including phenoxy) is 2. The second kappa shape index (κ2) is 7.26. The van der Waals surface area contributed by atoms with E-state index < -0.39 is 5.97 Å². The van der Waals surface area contributed by atoms with Crippen LogP contribution in [-0.2, 0) is 9.53 Å². The molecule has 106 valence electrons. The maximum atomic E-state index is 10.8. The van der Waals surface area contributed by atoms with Crippen LogP contribution in [0, 0.1) is 0 Å². The van der Waals surface area contributed by atoms with Gasteiger partial charge in [0, 0.05) is 0 Å². The van der Waals surface area contributed by atoms with Crippen molar-refractivity contribution in [3.8, 4) is 5.75 Å². The van der Waals surface area contributed by atoms with Crippen molar-refractivity contribution >= 4 is 18.3 Å². The van der Waals surface area contributed by atoms with Gasteiger partial charge in [-0.15, -0.1) is 0 Å². The van der Waals surface area contributed by atoms with Crippen molar-refractivity contribution in [3.63, 3.8) is 0 Å². The molecular weight excluding hydrogens is 256 g/mol. The third kappa shape index (κ3) is 6.52. The van der Waals surface area contributed by atoms with E-state index in [0.29, 0.717) is 6.21 Å². The van der Waals surface area contributed by atoms with Crippen LogP contribution in [0.4, 0.5) is 0 Å². The number of carbonyl (C=O) groups is 1. The Morgan fingerprint density at radius 2 is 1.95 bits per heavy atom. The SMILES string of the molecule is CC(C)(C)Oc1ccc(/C=C\COC(=O)C=[N+]=[N-])cc1. The highest BCUT2D eigenvalue weighted by molar-refractivity contribution is 6.20. The van der Waals surface area contributed by atoms with Crippen molar-refractivity contribution in [1.29, 1.82) is 0 Å².